The van der Waals surface area contributed by atoms with Crippen molar-refractivity contribution in [1.82, 2.24) is 5.32 Å². The average molecular weight is 283 g/mol. The highest BCUT2D eigenvalue weighted by atomic mass is 19.1. The number of aliphatic hydroxyl groups is 1. The van der Waals surface area contributed by atoms with E-state index in [1.807, 2.05) is 13.8 Å². The minimum Gasteiger partial charge on any atom is -0.391 e. The lowest BCUT2D eigenvalue weighted by Gasteiger charge is -2.13. The van der Waals surface area contributed by atoms with Gasteiger partial charge in [-0.2, -0.15) is 0 Å². The van der Waals surface area contributed by atoms with Gasteiger partial charge in [0.15, 0.2) is 0 Å². The molecule has 0 aromatic heterocycles. The molecule has 2 rings (SSSR count). The topological polar surface area (TPSA) is 49.3 Å². The van der Waals surface area contributed by atoms with Crippen LogP contribution in [0, 0.1) is 23.0 Å². The molecule has 0 unspecified atom stereocenters. The van der Waals surface area contributed by atoms with Crippen molar-refractivity contribution in [3.63, 3.8) is 0 Å². The van der Waals surface area contributed by atoms with E-state index in [0.717, 1.165) is 18.6 Å². The molecule has 110 valence electrons. The summed E-state index contributed by atoms with van der Waals surface area (Å²) in [6, 6.07) is 3.24. The summed E-state index contributed by atoms with van der Waals surface area (Å²) in [5.41, 5.74) is 0.276. The van der Waals surface area contributed by atoms with Crippen LogP contribution in [0.25, 0.3) is 0 Å². The molecule has 1 aromatic carbocycles. The molecule has 2 N–H and O–H groups in total. The monoisotopic (exact) mass is 283 g/mol. The molecule has 0 aliphatic heterocycles. The molecule has 3 nitrogen and oxygen atoms in total. The Morgan fingerprint density at radius 3 is 2.70 bits per heavy atom. The minimum atomic E-state index is -0.888. The molecule has 1 fully saturated rings. The number of nitrogens with one attached hydrogen (secondary N) is 1. The van der Waals surface area contributed by atoms with E-state index in [0.29, 0.717) is 0 Å². The molecular formula is C15H19F2NO2. The van der Waals surface area contributed by atoms with Crippen LogP contribution < -0.4 is 5.32 Å². The molecule has 1 amide bonds. The van der Waals surface area contributed by atoms with Crippen LogP contribution in [0.2, 0.25) is 0 Å². The van der Waals surface area contributed by atoms with E-state index < -0.39 is 17.7 Å². The molecule has 0 spiro atoms. The molecule has 0 heterocycles. The zero-order chi connectivity index (χ0) is 14.9. The molecule has 2 atom stereocenters. The van der Waals surface area contributed by atoms with E-state index in [4.69, 9.17) is 0 Å². The van der Waals surface area contributed by atoms with Crippen molar-refractivity contribution in [1.29, 1.82) is 0 Å². The number of aliphatic hydroxyl groups excluding tert-OH is 1. The lowest BCUT2D eigenvalue weighted by molar-refractivity contribution is -0.123. The quantitative estimate of drug-likeness (QED) is 0.868. The predicted octanol–water partition coefficient (Wildman–Crippen LogP) is 2.03. The highest BCUT2D eigenvalue weighted by molar-refractivity contribution is 5.82. The molecule has 0 radical (unpaired) electrons. The van der Waals surface area contributed by atoms with Crippen LogP contribution in [0.1, 0.15) is 25.8 Å². The van der Waals surface area contributed by atoms with Crippen molar-refractivity contribution < 1.29 is 18.7 Å². The summed E-state index contributed by atoms with van der Waals surface area (Å²) in [6.45, 7) is 4.10. The largest absolute Gasteiger partial charge is 0.391 e. The van der Waals surface area contributed by atoms with Gasteiger partial charge < -0.3 is 10.4 Å². The number of hydrogen-bond donors (Lipinski definition) is 2. The molecule has 0 saturated heterocycles. The first-order valence-corrected chi connectivity index (χ1v) is 6.69. The Morgan fingerprint density at radius 2 is 2.15 bits per heavy atom. The number of carbonyl (C=O) groups excluding carboxylic acids is 1. The average Bonchev–Trinajstić information content (AvgIpc) is 2.99. The number of rotatable bonds is 5. The highest BCUT2D eigenvalue weighted by Gasteiger charge is 2.50. The fraction of sp³-hybridized carbons (Fsp3) is 0.533. The highest BCUT2D eigenvalue weighted by Crippen LogP contribution is 2.51. The maximum absolute atomic E-state index is 13.4. The molecule has 0 bridgehead atoms. The van der Waals surface area contributed by atoms with Crippen molar-refractivity contribution in [3.8, 4) is 0 Å². The van der Waals surface area contributed by atoms with Crippen molar-refractivity contribution in [2.75, 3.05) is 6.54 Å². The normalized spacial score (nSPS) is 21.4. The van der Waals surface area contributed by atoms with Gasteiger partial charge in [0.05, 0.1) is 6.10 Å². The van der Waals surface area contributed by atoms with Gasteiger partial charge in [-0.05, 0) is 23.5 Å². The van der Waals surface area contributed by atoms with E-state index in [-0.39, 0.29) is 35.8 Å². The molecule has 1 aromatic rings. The Hall–Kier alpha value is -1.49. The first-order chi connectivity index (χ1) is 9.29. The Bertz CT molecular complexity index is 517. The van der Waals surface area contributed by atoms with Crippen molar-refractivity contribution in [3.05, 3.63) is 35.4 Å². The van der Waals surface area contributed by atoms with E-state index in [1.54, 1.807) is 0 Å². The Labute approximate surface area is 117 Å². The fourth-order valence-electron chi connectivity index (χ4n) is 2.27. The SMILES string of the molecule is CC1(C)C[C@@H]1C(=O)NC[C@@H](O)Cc1ccc(F)cc1F. The number of benzene rings is 1. The number of halogens is 2. The van der Waals surface area contributed by atoms with Crippen molar-refractivity contribution >= 4 is 5.91 Å². The van der Waals surface area contributed by atoms with Crippen molar-refractivity contribution in [2.24, 2.45) is 11.3 Å². The molecule has 1 aliphatic rings. The summed E-state index contributed by atoms with van der Waals surface area (Å²) in [5, 5.41) is 12.5. The van der Waals surface area contributed by atoms with Gasteiger partial charge in [-0.15, -0.1) is 0 Å². The van der Waals surface area contributed by atoms with E-state index in [2.05, 4.69) is 5.32 Å². The van der Waals surface area contributed by atoms with E-state index in [9.17, 15) is 18.7 Å². The van der Waals surface area contributed by atoms with Crippen LogP contribution in [0.5, 0.6) is 0 Å². The number of carbonyl (C=O) groups is 1. The summed E-state index contributed by atoms with van der Waals surface area (Å²) < 4.78 is 26.2. The van der Waals surface area contributed by atoms with Gasteiger partial charge >= 0.3 is 0 Å². The van der Waals surface area contributed by atoms with Gasteiger partial charge in [0.25, 0.3) is 0 Å². The first kappa shape index (κ1) is 14.9. The maximum Gasteiger partial charge on any atom is 0.223 e. The van der Waals surface area contributed by atoms with E-state index in [1.165, 1.54) is 6.07 Å². The summed E-state index contributed by atoms with van der Waals surface area (Å²) in [4.78, 5) is 11.7. The van der Waals surface area contributed by atoms with Crippen molar-refractivity contribution in [2.45, 2.75) is 32.8 Å². The first-order valence-electron chi connectivity index (χ1n) is 6.69. The van der Waals surface area contributed by atoms with E-state index >= 15 is 0 Å². The molecule has 1 saturated carbocycles. The molecule has 1 aliphatic carbocycles. The maximum atomic E-state index is 13.4. The number of hydrogen-bond acceptors (Lipinski definition) is 2. The van der Waals surface area contributed by atoms with Crippen LogP contribution in [0.4, 0.5) is 8.78 Å². The second-order valence-corrected chi connectivity index (χ2v) is 6.08. The molecule has 20 heavy (non-hydrogen) atoms. The molecule has 5 heteroatoms. The summed E-state index contributed by atoms with van der Waals surface area (Å²) in [6.07, 6.45) is 0.00267. The van der Waals surface area contributed by atoms with Gasteiger partial charge in [0.1, 0.15) is 11.6 Å². The van der Waals surface area contributed by atoms with Crippen LogP contribution in [0.15, 0.2) is 18.2 Å². The fourth-order valence-corrected chi connectivity index (χ4v) is 2.27. The van der Waals surface area contributed by atoms with Crippen LogP contribution in [0.3, 0.4) is 0 Å². The van der Waals surface area contributed by atoms with Gasteiger partial charge in [0, 0.05) is 24.9 Å². The summed E-state index contributed by atoms with van der Waals surface area (Å²) in [5.74, 6) is -1.41. The number of amides is 1. The zero-order valence-corrected chi connectivity index (χ0v) is 11.6. The smallest absolute Gasteiger partial charge is 0.223 e. The van der Waals surface area contributed by atoms with Crippen LogP contribution in [-0.2, 0) is 11.2 Å². The van der Waals surface area contributed by atoms with Gasteiger partial charge in [-0.3, -0.25) is 4.79 Å². The standard InChI is InChI=1S/C15H19F2NO2/c1-15(2)7-12(15)14(20)18-8-11(19)5-9-3-4-10(16)6-13(9)17/h3-4,6,11-12,19H,5,7-8H2,1-2H3,(H,18,20)/t11-,12+/m0/s1. The van der Waals surface area contributed by atoms with Gasteiger partial charge in [-0.1, -0.05) is 19.9 Å². The Kier molecular flexibility index (Phi) is 4.09. The lowest BCUT2D eigenvalue weighted by Crippen LogP contribution is -2.35. The van der Waals surface area contributed by atoms with Gasteiger partial charge in [0.2, 0.25) is 5.91 Å². The molecular weight excluding hydrogens is 264 g/mol. The lowest BCUT2D eigenvalue weighted by atomic mass is 10.1. The predicted molar refractivity (Wildman–Crippen MR) is 71.0 cm³/mol. The van der Waals surface area contributed by atoms with Crippen LogP contribution >= 0.6 is 0 Å². The third-order valence-corrected chi connectivity index (χ3v) is 3.81. The third-order valence-electron chi connectivity index (χ3n) is 3.81. The van der Waals surface area contributed by atoms with Gasteiger partial charge in [-0.25, -0.2) is 8.78 Å². The second kappa shape index (κ2) is 5.48. The Balaban J connectivity index is 1.81. The Morgan fingerprint density at radius 1 is 1.50 bits per heavy atom. The third kappa shape index (κ3) is 3.54. The second-order valence-electron chi connectivity index (χ2n) is 6.08. The zero-order valence-electron chi connectivity index (χ0n) is 11.6. The van der Waals surface area contributed by atoms with Crippen LogP contribution in [-0.4, -0.2) is 23.7 Å². The summed E-state index contributed by atoms with van der Waals surface area (Å²) in [7, 11) is 0. The minimum absolute atomic E-state index is 0.00254. The summed E-state index contributed by atoms with van der Waals surface area (Å²) >= 11 is 0.